The maximum Gasteiger partial charge on any atom is 0.317 e. The smallest absolute Gasteiger partial charge is 0.317 e. The zero-order chi connectivity index (χ0) is 11.6. The molecule has 1 heterocycles. The molecule has 7 heteroatoms. The van der Waals surface area contributed by atoms with Crippen LogP contribution in [0.25, 0.3) is 0 Å². The molecular formula is C8H9BF2N2O2. The van der Waals surface area contributed by atoms with Crippen LogP contribution in [0.1, 0.15) is 13.3 Å². The van der Waals surface area contributed by atoms with E-state index in [1.165, 1.54) is 0 Å². The molecule has 0 saturated heterocycles. The van der Waals surface area contributed by atoms with Crippen molar-refractivity contribution in [3.8, 4) is 0 Å². The number of hydrogen-bond donors (Lipinski definition) is 0. The van der Waals surface area contributed by atoms with Crippen LogP contribution in [-0.4, -0.2) is 22.9 Å². The minimum absolute atomic E-state index is 0.181. The van der Waals surface area contributed by atoms with Crippen LogP contribution in [0.5, 0.6) is 0 Å². The molecule has 1 aromatic heterocycles. The topological polar surface area (TPSA) is 44.0 Å². The number of halogens is 2. The van der Waals surface area contributed by atoms with E-state index in [0.29, 0.717) is 4.48 Å². The zero-order valence-electron chi connectivity index (χ0n) is 8.11. The van der Waals surface area contributed by atoms with Gasteiger partial charge in [-0.3, -0.25) is 4.79 Å². The van der Waals surface area contributed by atoms with Crippen molar-refractivity contribution < 1.29 is 8.78 Å². The molecule has 0 atom stereocenters. The van der Waals surface area contributed by atoms with Crippen LogP contribution in [0.4, 0.5) is 8.78 Å². The van der Waals surface area contributed by atoms with Gasteiger partial charge in [-0.1, -0.05) is 0 Å². The molecule has 15 heavy (non-hydrogen) atoms. The summed E-state index contributed by atoms with van der Waals surface area (Å²) in [5, 5.41) is 0. The summed E-state index contributed by atoms with van der Waals surface area (Å²) in [5.41, 5.74) is -1.47. The Bertz CT molecular complexity index is 461. The van der Waals surface area contributed by atoms with Crippen molar-refractivity contribution in [2.45, 2.75) is 25.8 Å². The van der Waals surface area contributed by atoms with Gasteiger partial charge in [-0.25, -0.2) is 13.6 Å². The fourth-order valence-corrected chi connectivity index (χ4v) is 1.02. The highest BCUT2D eigenvalue weighted by Crippen LogP contribution is 2.16. The molecule has 0 aliphatic carbocycles. The van der Waals surface area contributed by atoms with E-state index in [1.807, 2.05) is 0 Å². The molecule has 0 bridgehead atoms. The van der Waals surface area contributed by atoms with Crippen LogP contribution in [0.2, 0.25) is 0 Å². The maximum atomic E-state index is 12.5. The number of aromatic nitrogens is 2. The van der Waals surface area contributed by atoms with Crippen molar-refractivity contribution in [1.82, 2.24) is 9.05 Å². The molecule has 0 aliphatic heterocycles. The molecule has 0 N–H and O–H groups in total. The molecule has 0 saturated carbocycles. The van der Waals surface area contributed by atoms with Gasteiger partial charge in [0.25, 0.3) is 0 Å². The Balaban J connectivity index is 2.94. The van der Waals surface area contributed by atoms with Crippen molar-refractivity contribution in [2.24, 2.45) is 0 Å². The molecule has 1 rings (SSSR count). The van der Waals surface area contributed by atoms with Crippen LogP contribution in [0.15, 0.2) is 21.9 Å². The highest BCUT2D eigenvalue weighted by Gasteiger charge is 2.20. The van der Waals surface area contributed by atoms with Crippen LogP contribution in [0, 0.1) is 0 Å². The van der Waals surface area contributed by atoms with Gasteiger partial charge in [0.15, 0.2) is 0 Å². The predicted molar refractivity (Wildman–Crippen MR) is 51.4 cm³/mol. The van der Waals surface area contributed by atoms with E-state index < -0.39 is 23.6 Å². The first kappa shape index (κ1) is 11.7. The van der Waals surface area contributed by atoms with Crippen LogP contribution >= 0.6 is 0 Å². The second-order valence-corrected chi connectivity index (χ2v) is 3.32. The fourth-order valence-electron chi connectivity index (χ4n) is 1.02. The Morgan fingerprint density at radius 3 is 2.60 bits per heavy atom. The summed E-state index contributed by atoms with van der Waals surface area (Å²) in [6.45, 7) is 0.580. The zero-order valence-corrected chi connectivity index (χ0v) is 8.11. The quantitative estimate of drug-likeness (QED) is 0.664. The van der Waals surface area contributed by atoms with Crippen molar-refractivity contribution in [3.05, 3.63) is 33.1 Å². The molecule has 0 amide bonds. The number of alkyl halides is 2. The molecule has 80 valence electrons. The third-order valence-corrected chi connectivity index (χ3v) is 1.88. The summed E-state index contributed by atoms with van der Waals surface area (Å²) >= 11 is 0. The lowest BCUT2D eigenvalue weighted by Gasteiger charge is -2.11. The van der Waals surface area contributed by atoms with Crippen molar-refractivity contribution in [2.75, 3.05) is 0 Å². The van der Waals surface area contributed by atoms with Crippen molar-refractivity contribution in [1.29, 1.82) is 0 Å². The second-order valence-electron chi connectivity index (χ2n) is 3.32. The van der Waals surface area contributed by atoms with Crippen molar-refractivity contribution >= 4 is 7.98 Å². The maximum absolute atomic E-state index is 12.5. The molecule has 0 aromatic carbocycles. The number of hydrogen-bond acceptors (Lipinski definition) is 2. The minimum atomic E-state index is -2.85. The lowest BCUT2D eigenvalue weighted by Crippen LogP contribution is -2.38. The van der Waals surface area contributed by atoms with E-state index in [-0.39, 0.29) is 6.54 Å². The summed E-state index contributed by atoms with van der Waals surface area (Å²) in [4.78, 5) is 22.1. The van der Waals surface area contributed by atoms with E-state index in [1.54, 1.807) is 0 Å². The van der Waals surface area contributed by atoms with Crippen LogP contribution in [-0.2, 0) is 6.54 Å². The molecular weight excluding hydrogens is 205 g/mol. The van der Waals surface area contributed by atoms with Gasteiger partial charge in [-0.05, 0) is 6.92 Å². The first-order valence-corrected chi connectivity index (χ1v) is 4.27. The van der Waals surface area contributed by atoms with E-state index in [0.717, 1.165) is 23.8 Å². The Hall–Kier alpha value is -1.40. The third-order valence-electron chi connectivity index (χ3n) is 1.88. The molecule has 0 spiro atoms. The Morgan fingerprint density at radius 2 is 2.07 bits per heavy atom. The largest absolute Gasteiger partial charge is 0.319 e. The summed E-state index contributed by atoms with van der Waals surface area (Å²) in [7, 11) is 5.11. The molecule has 4 nitrogen and oxygen atoms in total. The average molecular weight is 214 g/mol. The van der Waals surface area contributed by atoms with Gasteiger partial charge in [0.1, 0.15) is 0 Å². The molecule has 0 unspecified atom stereocenters. The van der Waals surface area contributed by atoms with Crippen LogP contribution in [0.3, 0.4) is 0 Å². The normalized spacial score (nSPS) is 11.7. The number of rotatable bonds is 3. The third kappa shape index (κ3) is 3.04. The Morgan fingerprint density at radius 1 is 1.47 bits per heavy atom. The average Bonchev–Trinajstić information content (AvgIpc) is 2.12. The SMILES string of the molecule is [B]n1c(=O)ccn(CCC(C)(F)F)c1=O. The Kier molecular flexibility index (Phi) is 3.11. The van der Waals surface area contributed by atoms with Gasteiger partial charge in [-0.15, -0.1) is 0 Å². The summed E-state index contributed by atoms with van der Waals surface area (Å²) in [6.07, 6.45) is 0.672. The molecule has 1 aromatic rings. The van der Waals surface area contributed by atoms with Gasteiger partial charge < -0.3 is 9.05 Å². The van der Waals surface area contributed by atoms with Gasteiger partial charge in [0.2, 0.25) is 19.5 Å². The van der Waals surface area contributed by atoms with E-state index in [2.05, 4.69) is 0 Å². The van der Waals surface area contributed by atoms with Crippen LogP contribution < -0.4 is 11.2 Å². The van der Waals surface area contributed by atoms with Crippen molar-refractivity contribution in [3.63, 3.8) is 0 Å². The second kappa shape index (κ2) is 4.00. The first-order chi connectivity index (χ1) is 6.81. The van der Waals surface area contributed by atoms with Gasteiger partial charge in [0.05, 0.1) is 0 Å². The summed E-state index contributed by atoms with van der Waals surface area (Å²) < 4.78 is 26.4. The Labute approximate surface area is 85.6 Å². The minimum Gasteiger partial charge on any atom is -0.319 e. The van der Waals surface area contributed by atoms with E-state index >= 15 is 0 Å². The molecule has 0 fully saturated rings. The lowest BCUT2D eigenvalue weighted by atomic mass is 10.2. The standard InChI is InChI=1S/C8H9BF2N2O2/c1-8(10,11)3-5-12-4-2-6(14)13(9)7(12)15/h2,4H,3,5H2,1H3. The summed E-state index contributed by atoms with van der Waals surface area (Å²) in [6, 6.07) is 1.05. The predicted octanol–water partition coefficient (Wildman–Crippen LogP) is -0.0131. The van der Waals surface area contributed by atoms with Gasteiger partial charge in [0, 0.05) is 25.2 Å². The van der Waals surface area contributed by atoms with Gasteiger partial charge in [-0.2, -0.15) is 0 Å². The highest BCUT2D eigenvalue weighted by molar-refractivity contribution is 6.06. The monoisotopic (exact) mass is 214 g/mol. The molecule has 2 radical (unpaired) electrons. The first-order valence-electron chi connectivity index (χ1n) is 4.27. The summed E-state index contributed by atoms with van der Waals surface area (Å²) in [5.74, 6) is -2.85. The van der Waals surface area contributed by atoms with E-state index in [4.69, 9.17) is 7.98 Å². The highest BCUT2D eigenvalue weighted by atomic mass is 19.3. The lowest BCUT2D eigenvalue weighted by molar-refractivity contribution is 0.00833. The molecule has 0 aliphatic rings. The van der Waals surface area contributed by atoms with E-state index in [9.17, 15) is 18.4 Å². The fraction of sp³-hybridized carbons (Fsp3) is 0.500. The number of nitrogens with zero attached hydrogens (tertiary/aromatic N) is 2. The number of aryl methyl sites for hydroxylation is 1. The van der Waals surface area contributed by atoms with Gasteiger partial charge >= 0.3 is 5.69 Å².